The highest BCUT2D eigenvalue weighted by Gasteiger charge is 2.34. The van der Waals surface area contributed by atoms with Gasteiger partial charge in [0.25, 0.3) is 0 Å². The van der Waals surface area contributed by atoms with Crippen molar-refractivity contribution >= 4 is 27.7 Å². The van der Waals surface area contributed by atoms with Crippen molar-refractivity contribution in [2.45, 2.75) is 37.4 Å². The third-order valence-electron chi connectivity index (χ3n) is 2.79. The average molecular weight is 261 g/mol. The number of nitrogens with zero attached hydrogens (tertiary/aromatic N) is 2. The molecule has 0 N–H and O–H groups in total. The summed E-state index contributed by atoms with van der Waals surface area (Å²) in [6, 6.07) is 0. The minimum absolute atomic E-state index is 0.448. The van der Waals surface area contributed by atoms with Gasteiger partial charge in [0.05, 0.1) is 23.6 Å². The molecule has 0 saturated heterocycles. The Hall–Kier alpha value is 0.0400. The summed E-state index contributed by atoms with van der Waals surface area (Å²) in [5.41, 5.74) is 1.61. The van der Waals surface area contributed by atoms with Gasteiger partial charge >= 0.3 is 0 Å². The van der Waals surface area contributed by atoms with E-state index >= 15 is 0 Å². The summed E-state index contributed by atoms with van der Waals surface area (Å²) in [5, 5.41) is 0. The summed E-state index contributed by atoms with van der Waals surface area (Å²) >= 11 is 5.00. The van der Waals surface area contributed by atoms with E-state index in [0.717, 1.165) is 12.1 Å². The third-order valence-corrected chi connectivity index (χ3v) is 4.09. The first-order valence-corrected chi connectivity index (χ1v) is 6.23. The SMILES string of the molecule is CC1(Cc2cnsn2)CCC(Br)C1. The maximum Gasteiger partial charge on any atom is 0.0748 e. The molecule has 1 aliphatic carbocycles. The largest absolute Gasteiger partial charge is 0.181 e. The summed E-state index contributed by atoms with van der Waals surface area (Å²) in [7, 11) is 0. The number of alkyl halides is 1. The summed E-state index contributed by atoms with van der Waals surface area (Å²) in [4.78, 5) is 0.712. The van der Waals surface area contributed by atoms with E-state index in [1.807, 2.05) is 6.20 Å². The summed E-state index contributed by atoms with van der Waals surface area (Å²) in [6.45, 7) is 2.35. The molecule has 1 fully saturated rings. The fourth-order valence-electron chi connectivity index (χ4n) is 2.10. The molecule has 1 aliphatic rings. The third kappa shape index (κ3) is 2.29. The van der Waals surface area contributed by atoms with Crippen LogP contribution in [0.3, 0.4) is 0 Å². The molecule has 0 amide bonds. The van der Waals surface area contributed by atoms with Crippen molar-refractivity contribution < 1.29 is 0 Å². The van der Waals surface area contributed by atoms with E-state index in [4.69, 9.17) is 0 Å². The van der Waals surface area contributed by atoms with Gasteiger partial charge in [-0.1, -0.05) is 22.9 Å². The van der Waals surface area contributed by atoms with Crippen molar-refractivity contribution in [2.75, 3.05) is 0 Å². The number of halogens is 1. The second-order valence-electron chi connectivity index (χ2n) is 4.23. The van der Waals surface area contributed by atoms with Gasteiger partial charge < -0.3 is 0 Å². The zero-order valence-corrected chi connectivity index (χ0v) is 10.1. The van der Waals surface area contributed by atoms with Gasteiger partial charge in [-0.05, 0) is 31.1 Å². The second-order valence-corrected chi connectivity index (χ2v) is 6.08. The molecule has 1 aromatic heterocycles. The Labute approximate surface area is 91.2 Å². The van der Waals surface area contributed by atoms with Crippen LogP contribution in [-0.4, -0.2) is 13.6 Å². The van der Waals surface area contributed by atoms with Crippen molar-refractivity contribution in [2.24, 2.45) is 5.41 Å². The molecule has 1 aromatic rings. The highest BCUT2D eigenvalue weighted by molar-refractivity contribution is 9.09. The van der Waals surface area contributed by atoms with E-state index in [0.29, 0.717) is 10.2 Å². The van der Waals surface area contributed by atoms with Crippen LogP contribution in [0.25, 0.3) is 0 Å². The van der Waals surface area contributed by atoms with Crippen LogP contribution in [-0.2, 0) is 6.42 Å². The summed E-state index contributed by atoms with van der Waals surface area (Å²) in [6.07, 6.45) is 6.86. The van der Waals surface area contributed by atoms with Gasteiger partial charge in [0.1, 0.15) is 0 Å². The molecule has 0 aromatic carbocycles. The molecule has 2 nitrogen and oxygen atoms in total. The van der Waals surface area contributed by atoms with Crippen LogP contribution in [0.15, 0.2) is 6.20 Å². The van der Waals surface area contributed by atoms with Crippen molar-refractivity contribution in [3.05, 3.63) is 11.9 Å². The Bertz CT molecular complexity index is 275. The fourth-order valence-corrected chi connectivity index (χ4v) is 3.55. The Balaban J connectivity index is 2.01. The van der Waals surface area contributed by atoms with Crippen LogP contribution >= 0.6 is 27.7 Å². The summed E-state index contributed by atoms with van der Waals surface area (Å²) in [5.74, 6) is 0. The highest BCUT2D eigenvalue weighted by Crippen LogP contribution is 2.43. The minimum atomic E-state index is 0.448. The van der Waals surface area contributed by atoms with Gasteiger partial charge in [0.2, 0.25) is 0 Å². The van der Waals surface area contributed by atoms with E-state index in [-0.39, 0.29) is 0 Å². The molecule has 2 atom stereocenters. The first kappa shape index (κ1) is 9.59. The predicted molar refractivity (Wildman–Crippen MR) is 58.3 cm³/mol. The lowest BCUT2D eigenvalue weighted by molar-refractivity contribution is 0.333. The van der Waals surface area contributed by atoms with Gasteiger partial charge in [-0.2, -0.15) is 8.75 Å². The van der Waals surface area contributed by atoms with Crippen LogP contribution in [0.2, 0.25) is 0 Å². The Kier molecular flexibility index (Phi) is 2.70. The van der Waals surface area contributed by atoms with Crippen LogP contribution < -0.4 is 0 Å². The molecule has 0 spiro atoms. The topological polar surface area (TPSA) is 25.8 Å². The van der Waals surface area contributed by atoms with E-state index in [9.17, 15) is 0 Å². The second kappa shape index (κ2) is 3.65. The standard InChI is InChI=1S/C9H13BrN2S/c1-9(3-2-7(10)4-9)5-8-6-11-13-12-8/h6-7H,2-5H2,1H3. The Morgan fingerprint density at radius 3 is 3.15 bits per heavy atom. The zero-order chi connectivity index (χ0) is 9.31. The molecule has 0 radical (unpaired) electrons. The molecular weight excluding hydrogens is 248 g/mol. The molecule has 1 saturated carbocycles. The summed E-state index contributed by atoms with van der Waals surface area (Å²) < 4.78 is 8.30. The highest BCUT2D eigenvalue weighted by atomic mass is 79.9. The lowest BCUT2D eigenvalue weighted by atomic mass is 9.84. The number of aromatic nitrogens is 2. The molecule has 2 unspecified atom stereocenters. The van der Waals surface area contributed by atoms with Gasteiger partial charge in [-0.15, -0.1) is 0 Å². The first-order chi connectivity index (χ1) is 6.18. The maximum atomic E-state index is 4.27. The number of rotatable bonds is 2. The van der Waals surface area contributed by atoms with Crippen LogP contribution in [0.4, 0.5) is 0 Å². The molecular formula is C9H13BrN2S. The van der Waals surface area contributed by atoms with Crippen LogP contribution in [0.1, 0.15) is 31.9 Å². The van der Waals surface area contributed by atoms with E-state index < -0.39 is 0 Å². The number of hydrogen-bond acceptors (Lipinski definition) is 3. The zero-order valence-electron chi connectivity index (χ0n) is 7.66. The van der Waals surface area contributed by atoms with E-state index in [1.165, 1.54) is 31.0 Å². The fraction of sp³-hybridized carbons (Fsp3) is 0.778. The monoisotopic (exact) mass is 260 g/mol. The molecule has 13 heavy (non-hydrogen) atoms. The molecule has 1 heterocycles. The molecule has 0 bridgehead atoms. The predicted octanol–water partition coefficient (Wildman–Crippen LogP) is 3.03. The average Bonchev–Trinajstić information content (AvgIpc) is 2.62. The van der Waals surface area contributed by atoms with Crippen molar-refractivity contribution in [3.63, 3.8) is 0 Å². The Morgan fingerprint density at radius 1 is 1.77 bits per heavy atom. The van der Waals surface area contributed by atoms with Gasteiger partial charge in [-0.3, -0.25) is 0 Å². The molecule has 4 heteroatoms. The van der Waals surface area contributed by atoms with Crippen molar-refractivity contribution in [1.82, 2.24) is 8.75 Å². The first-order valence-electron chi connectivity index (χ1n) is 4.58. The smallest absolute Gasteiger partial charge is 0.0748 e. The van der Waals surface area contributed by atoms with Gasteiger partial charge in [0, 0.05) is 4.83 Å². The molecule has 2 rings (SSSR count). The lowest BCUT2D eigenvalue weighted by Gasteiger charge is -2.21. The molecule has 0 aliphatic heterocycles. The minimum Gasteiger partial charge on any atom is -0.181 e. The van der Waals surface area contributed by atoms with Crippen LogP contribution in [0.5, 0.6) is 0 Å². The normalized spacial score (nSPS) is 33.8. The van der Waals surface area contributed by atoms with Gasteiger partial charge in [-0.25, -0.2) is 0 Å². The lowest BCUT2D eigenvalue weighted by Crippen LogP contribution is -2.15. The van der Waals surface area contributed by atoms with Crippen molar-refractivity contribution in [1.29, 1.82) is 0 Å². The Morgan fingerprint density at radius 2 is 2.62 bits per heavy atom. The van der Waals surface area contributed by atoms with Crippen LogP contribution in [0, 0.1) is 5.41 Å². The molecule has 72 valence electrons. The number of hydrogen-bond donors (Lipinski definition) is 0. The maximum absolute atomic E-state index is 4.27. The van der Waals surface area contributed by atoms with E-state index in [2.05, 4.69) is 31.6 Å². The van der Waals surface area contributed by atoms with Crippen molar-refractivity contribution in [3.8, 4) is 0 Å². The van der Waals surface area contributed by atoms with E-state index in [1.54, 1.807) is 0 Å². The van der Waals surface area contributed by atoms with Gasteiger partial charge in [0.15, 0.2) is 0 Å². The quantitative estimate of drug-likeness (QED) is 0.765.